The Kier molecular flexibility index (Phi) is 4.49. The number of amides is 2. The van der Waals surface area contributed by atoms with Crippen LogP contribution in [0.5, 0.6) is 0 Å². The number of hydrogen-bond donors (Lipinski definition) is 1. The monoisotopic (exact) mass is 382 g/mol. The molecule has 2 aliphatic heterocycles. The standard InChI is InChI=1S/C19H15FN4O2S/c1-11-18(26)24-17(21-11)12-6-2-4-8-14(12)23-19(24)27-10-16(25)22-15-9-5-3-7-13(15)20/h2-9,11H,10H2,1H3,(H,22,25). The second kappa shape index (κ2) is 6.96. The van der Waals surface area contributed by atoms with Gasteiger partial charge in [0.25, 0.3) is 5.91 Å². The summed E-state index contributed by atoms with van der Waals surface area (Å²) >= 11 is 1.12. The van der Waals surface area contributed by atoms with E-state index in [2.05, 4.69) is 15.3 Å². The Labute approximate surface area is 159 Å². The molecule has 0 fully saturated rings. The molecule has 1 unspecified atom stereocenters. The van der Waals surface area contributed by atoms with Gasteiger partial charge in [-0.25, -0.2) is 14.3 Å². The number of carbonyl (C=O) groups is 2. The maximum atomic E-state index is 13.7. The predicted molar refractivity (Wildman–Crippen MR) is 104 cm³/mol. The summed E-state index contributed by atoms with van der Waals surface area (Å²) in [5, 5.41) is 2.92. The zero-order valence-corrected chi connectivity index (χ0v) is 15.2. The summed E-state index contributed by atoms with van der Waals surface area (Å²) < 4.78 is 13.7. The molecule has 0 saturated heterocycles. The molecule has 4 rings (SSSR count). The summed E-state index contributed by atoms with van der Waals surface area (Å²) in [6, 6.07) is 12.9. The number of halogens is 1. The quantitative estimate of drug-likeness (QED) is 0.886. The lowest BCUT2D eigenvalue weighted by molar-refractivity contribution is -0.124. The highest BCUT2D eigenvalue weighted by molar-refractivity contribution is 8.14. The molecule has 0 radical (unpaired) electrons. The van der Waals surface area contributed by atoms with Crippen molar-refractivity contribution in [1.29, 1.82) is 0 Å². The molecular formula is C19H15FN4O2S. The van der Waals surface area contributed by atoms with E-state index in [0.29, 0.717) is 16.7 Å². The number of thioether (sulfide) groups is 1. The smallest absolute Gasteiger partial charge is 0.258 e. The average Bonchev–Trinajstić information content (AvgIpc) is 2.97. The number of hydrogen-bond acceptors (Lipinski definition) is 5. The molecule has 2 aliphatic rings. The van der Waals surface area contributed by atoms with Crippen LogP contribution in [0.2, 0.25) is 0 Å². The molecule has 2 aromatic carbocycles. The summed E-state index contributed by atoms with van der Waals surface area (Å²) in [5.74, 6) is -0.529. The number of benzene rings is 2. The van der Waals surface area contributed by atoms with Gasteiger partial charge in [0.15, 0.2) is 5.17 Å². The fourth-order valence-electron chi connectivity index (χ4n) is 2.85. The fourth-order valence-corrected chi connectivity index (χ4v) is 3.65. The van der Waals surface area contributed by atoms with Crippen LogP contribution in [0.25, 0.3) is 0 Å². The Morgan fingerprint density at radius 3 is 2.78 bits per heavy atom. The highest BCUT2D eigenvalue weighted by Crippen LogP contribution is 2.33. The van der Waals surface area contributed by atoms with Gasteiger partial charge in [-0.15, -0.1) is 0 Å². The highest BCUT2D eigenvalue weighted by atomic mass is 32.2. The first-order chi connectivity index (χ1) is 13.0. The van der Waals surface area contributed by atoms with E-state index in [1.54, 1.807) is 19.1 Å². The lowest BCUT2D eigenvalue weighted by Gasteiger charge is -2.25. The van der Waals surface area contributed by atoms with Gasteiger partial charge in [-0.05, 0) is 31.2 Å². The number of rotatable bonds is 3. The Balaban J connectivity index is 1.54. The predicted octanol–water partition coefficient (Wildman–Crippen LogP) is 3.18. The second-order valence-corrected chi connectivity index (χ2v) is 6.97. The second-order valence-electron chi connectivity index (χ2n) is 6.03. The normalized spacial score (nSPS) is 17.8. The molecule has 6 nitrogen and oxygen atoms in total. The summed E-state index contributed by atoms with van der Waals surface area (Å²) in [4.78, 5) is 35.1. The van der Waals surface area contributed by atoms with Crippen molar-refractivity contribution < 1.29 is 14.0 Å². The van der Waals surface area contributed by atoms with Gasteiger partial charge in [0.05, 0.1) is 17.1 Å². The van der Waals surface area contributed by atoms with Crippen LogP contribution in [-0.4, -0.2) is 39.5 Å². The van der Waals surface area contributed by atoms with Crippen molar-refractivity contribution in [2.24, 2.45) is 9.98 Å². The first-order valence-corrected chi connectivity index (χ1v) is 9.30. The van der Waals surface area contributed by atoms with E-state index in [0.717, 1.165) is 17.3 Å². The molecule has 1 N–H and O–H groups in total. The number of nitrogens with one attached hydrogen (secondary N) is 1. The van der Waals surface area contributed by atoms with E-state index in [9.17, 15) is 14.0 Å². The minimum absolute atomic E-state index is 0.0131. The van der Waals surface area contributed by atoms with E-state index in [-0.39, 0.29) is 23.3 Å². The van der Waals surface area contributed by atoms with Gasteiger partial charge in [0, 0.05) is 5.56 Å². The maximum absolute atomic E-state index is 13.7. The maximum Gasteiger partial charge on any atom is 0.258 e. The fraction of sp³-hybridized carbons (Fsp3) is 0.158. The number of anilines is 1. The summed E-state index contributed by atoms with van der Waals surface area (Å²) in [6.07, 6.45) is 0. The molecule has 2 amide bonds. The average molecular weight is 382 g/mol. The summed E-state index contributed by atoms with van der Waals surface area (Å²) in [7, 11) is 0. The van der Waals surface area contributed by atoms with Gasteiger partial charge in [-0.1, -0.05) is 36.0 Å². The molecule has 0 spiro atoms. The van der Waals surface area contributed by atoms with Crippen LogP contribution in [0.1, 0.15) is 12.5 Å². The minimum Gasteiger partial charge on any atom is -0.323 e. The van der Waals surface area contributed by atoms with Gasteiger partial charge in [-0.2, -0.15) is 0 Å². The number of amidine groups is 2. The largest absolute Gasteiger partial charge is 0.323 e. The van der Waals surface area contributed by atoms with E-state index in [1.807, 2.05) is 24.3 Å². The van der Waals surface area contributed by atoms with E-state index >= 15 is 0 Å². The molecule has 0 saturated carbocycles. The van der Waals surface area contributed by atoms with Gasteiger partial charge in [-0.3, -0.25) is 14.6 Å². The highest BCUT2D eigenvalue weighted by Gasteiger charge is 2.39. The van der Waals surface area contributed by atoms with Crippen LogP contribution in [0, 0.1) is 5.82 Å². The van der Waals surface area contributed by atoms with Crippen LogP contribution in [0.4, 0.5) is 15.8 Å². The number of para-hydroxylation sites is 2. The van der Waals surface area contributed by atoms with Gasteiger partial charge in [0.2, 0.25) is 5.91 Å². The third-order valence-electron chi connectivity index (χ3n) is 4.14. The Morgan fingerprint density at radius 1 is 1.22 bits per heavy atom. The van der Waals surface area contributed by atoms with Crippen LogP contribution >= 0.6 is 11.8 Å². The third-order valence-corrected chi connectivity index (χ3v) is 5.08. The van der Waals surface area contributed by atoms with Crippen molar-refractivity contribution in [2.45, 2.75) is 13.0 Å². The molecular weight excluding hydrogens is 367 g/mol. The van der Waals surface area contributed by atoms with Gasteiger partial charge in [0.1, 0.15) is 17.7 Å². The summed E-state index contributed by atoms with van der Waals surface area (Å²) in [5.41, 5.74) is 1.61. The molecule has 136 valence electrons. The molecule has 2 heterocycles. The van der Waals surface area contributed by atoms with E-state index < -0.39 is 11.9 Å². The van der Waals surface area contributed by atoms with Crippen molar-refractivity contribution in [3.63, 3.8) is 0 Å². The van der Waals surface area contributed by atoms with Gasteiger partial charge >= 0.3 is 0 Å². The first kappa shape index (κ1) is 17.4. The minimum atomic E-state index is -0.502. The molecule has 8 heteroatoms. The van der Waals surface area contributed by atoms with Crippen molar-refractivity contribution in [2.75, 3.05) is 11.1 Å². The van der Waals surface area contributed by atoms with E-state index in [1.165, 1.54) is 17.0 Å². The lowest BCUT2D eigenvalue weighted by atomic mass is 10.1. The Hall–Kier alpha value is -3.00. The van der Waals surface area contributed by atoms with Crippen molar-refractivity contribution in [3.05, 3.63) is 59.9 Å². The molecule has 0 aliphatic carbocycles. The van der Waals surface area contributed by atoms with Crippen molar-refractivity contribution >= 4 is 46.0 Å². The molecule has 0 bridgehead atoms. The zero-order chi connectivity index (χ0) is 19.0. The number of nitrogens with zero attached hydrogens (tertiary/aromatic N) is 3. The molecule has 1 atom stereocenters. The van der Waals surface area contributed by atoms with Crippen LogP contribution in [-0.2, 0) is 9.59 Å². The van der Waals surface area contributed by atoms with Gasteiger partial charge < -0.3 is 5.32 Å². The molecule has 0 aromatic heterocycles. The Bertz CT molecular complexity index is 1000. The van der Waals surface area contributed by atoms with Crippen molar-refractivity contribution in [1.82, 2.24) is 4.90 Å². The topological polar surface area (TPSA) is 74.1 Å². The number of fused-ring (bicyclic) bond motifs is 3. The molecule has 27 heavy (non-hydrogen) atoms. The Morgan fingerprint density at radius 2 is 1.96 bits per heavy atom. The SMILES string of the molecule is CC1N=C2c3ccccc3N=C(SCC(=O)Nc3ccccc3F)N2C1=O. The van der Waals surface area contributed by atoms with E-state index in [4.69, 9.17) is 0 Å². The number of carbonyl (C=O) groups excluding carboxylic acids is 2. The van der Waals surface area contributed by atoms with Crippen LogP contribution in [0.3, 0.4) is 0 Å². The molecule has 2 aromatic rings. The van der Waals surface area contributed by atoms with Crippen LogP contribution in [0.15, 0.2) is 58.5 Å². The third kappa shape index (κ3) is 3.23. The zero-order valence-electron chi connectivity index (χ0n) is 14.3. The lowest BCUT2D eigenvalue weighted by Crippen LogP contribution is -2.41. The van der Waals surface area contributed by atoms with Crippen molar-refractivity contribution in [3.8, 4) is 0 Å². The number of aliphatic imine (C=N–C) groups is 2. The summed E-state index contributed by atoms with van der Waals surface area (Å²) in [6.45, 7) is 1.73. The van der Waals surface area contributed by atoms with Crippen LogP contribution < -0.4 is 5.32 Å². The first-order valence-electron chi connectivity index (χ1n) is 8.31.